The molecular weight excluding hydrogens is 370 g/mol. The molecule has 1 heterocycles. The van der Waals surface area contributed by atoms with Crippen molar-refractivity contribution in [1.82, 2.24) is 14.9 Å². The Kier molecular flexibility index (Phi) is 6.84. The molecule has 0 fully saturated rings. The molecule has 0 aliphatic rings. The van der Waals surface area contributed by atoms with Gasteiger partial charge in [0.15, 0.2) is 0 Å². The van der Waals surface area contributed by atoms with E-state index >= 15 is 0 Å². The van der Waals surface area contributed by atoms with Crippen LogP contribution in [-0.4, -0.2) is 41.0 Å². The molecule has 0 bridgehead atoms. The molecule has 7 heteroatoms. The number of benzene rings is 2. The summed E-state index contributed by atoms with van der Waals surface area (Å²) in [5.74, 6) is 2.00. The molecule has 0 saturated heterocycles. The van der Waals surface area contributed by atoms with Crippen LogP contribution in [0.15, 0.2) is 53.3 Å². The molecule has 0 saturated carbocycles. The van der Waals surface area contributed by atoms with Gasteiger partial charge in [0.05, 0.1) is 31.2 Å². The van der Waals surface area contributed by atoms with Crippen LogP contribution in [0.5, 0.6) is 11.5 Å². The highest BCUT2D eigenvalue weighted by Gasteiger charge is 2.14. The molecule has 0 unspecified atom stereocenters. The predicted octanol–water partition coefficient (Wildman–Crippen LogP) is 3.14. The van der Waals surface area contributed by atoms with E-state index in [1.807, 2.05) is 37.3 Å². The van der Waals surface area contributed by atoms with E-state index in [1.54, 1.807) is 30.2 Å². The van der Waals surface area contributed by atoms with Crippen LogP contribution in [0.1, 0.15) is 25.6 Å². The normalized spacial score (nSPS) is 10.7. The molecule has 0 aliphatic carbocycles. The quantitative estimate of drug-likeness (QED) is 0.563. The van der Waals surface area contributed by atoms with Crippen LogP contribution >= 0.6 is 0 Å². The smallest absolute Gasteiger partial charge is 0.258 e. The summed E-state index contributed by atoms with van der Waals surface area (Å²) in [5.41, 5.74) is 0.435. The fourth-order valence-electron chi connectivity index (χ4n) is 3.01. The third kappa shape index (κ3) is 5.34. The number of hydrogen-bond donors (Lipinski definition) is 1. The Bertz CT molecular complexity index is 1010. The highest BCUT2D eigenvalue weighted by Crippen LogP contribution is 2.17. The molecule has 29 heavy (non-hydrogen) atoms. The lowest BCUT2D eigenvalue weighted by atomic mass is 10.2. The standard InChI is InChI=1S/C22H25N3O4/c1-3-25(15-20-23-19-8-5-4-7-18(19)22(27)24-20)21(26)9-6-14-29-17-12-10-16(28-2)11-13-17/h4-5,7-8,10-13H,3,6,9,14-15H2,1-2H3,(H,23,24,27). The lowest BCUT2D eigenvalue weighted by molar-refractivity contribution is -0.131. The lowest BCUT2D eigenvalue weighted by Gasteiger charge is -2.20. The van der Waals surface area contributed by atoms with Crippen molar-refractivity contribution in [2.75, 3.05) is 20.3 Å². The molecule has 1 amide bonds. The zero-order chi connectivity index (χ0) is 20.6. The first-order valence-electron chi connectivity index (χ1n) is 9.63. The Hall–Kier alpha value is -3.35. The number of methoxy groups -OCH3 is 1. The average Bonchev–Trinajstić information content (AvgIpc) is 2.75. The monoisotopic (exact) mass is 395 g/mol. The molecule has 0 radical (unpaired) electrons. The number of para-hydroxylation sites is 1. The predicted molar refractivity (Wildman–Crippen MR) is 111 cm³/mol. The van der Waals surface area contributed by atoms with E-state index in [0.29, 0.717) is 42.7 Å². The van der Waals surface area contributed by atoms with Crippen LogP contribution in [0.2, 0.25) is 0 Å². The molecule has 3 aromatic rings. The van der Waals surface area contributed by atoms with E-state index in [9.17, 15) is 9.59 Å². The Balaban J connectivity index is 1.53. The summed E-state index contributed by atoms with van der Waals surface area (Å²) >= 11 is 0. The van der Waals surface area contributed by atoms with Crippen molar-refractivity contribution in [2.45, 2.75) is 26.3 Å². The highest BCUT2D eigenvalue weighted by atomic mass is 16.5. The van der Waals surface area contributed by atoms with Gasteiger partial charge in [0, 0.05) is 13.0 Å². The minimum Gasteiger partial charge on any atom is -0.497 e. The van der Waals surface area contributed by atoms with Crippen molar-refractivity contribution >= 4 is 16.8 Å². The van der Waals surface area contributed by atoms with Gasteiger partial charge in [0.1, 0.15) is 17.3 Å². The van der Waals surface area contributed by atoms with Gasteiger partial charge >= 0.3 is 0 Å². The van der Waals surface area contributed by atoms with E-state index in [1.165, 1.54) is 0 Å². The zero-order valence-electron chi connectivity index (χ0n) is 16.7. The second-order valence-corrected chi connectivity index (χ2v) is 6.57. The van der Waals surface area contributed by atoms with Gasteiger partial charge in [-0.15, -0.1) is 0 Å². The van der Waals surface area contributed by atoms with Crippen LogP contribution in [0.4, 0.5) is 0 Å². The number of rotatable bonds is 9. The second kappa shape index (κ2) is 9.73. The maximum Gasteiger partial charge on any atom is 0.258 e. The number of hydrogen-bond acceptors (Lipinski definition) is 5. The summed E-state index contributed by atoms with van der Waals surface area (Å²) in [6, 6.07) is 14.5. The molecule has 3 rings (SSSR count). The summed E-state index contributed by atoms with van der Waals surface area (Å²) in [6.07, 6.45) is 0.963. The van der Waals surface area contributed by atoms with Gasteiger partial charge in [-0.3, -0.25) is 9.59 Å². The number of carbonyl (C=O) groups is 1. The van der Waals surface area contributed by atoms with Crippen molar-refractivity contribution in [3.05, 3.63) is 64.7 Å². The van der Waals surface area contributed by atoms with Gasteiger partial charge in [-0.25, -0.2) is 4.98 Å². The number of nitrogens with zero attached hydrogens (tertiary/aromatic N) is 2. The molecule has 2 aromatic carbocycles. The molecule has 1 N–H and O–H groups in total. The summed E-state index contributed by atoms with van der Waals surface area (Å²) in [7, 11) is 1.62. The number of carbonyl (C=O) groups excluding carboxylic acids is 1. The Morgan fingerprint density at radius 1 is 1.10 bits per heavy atom. The maximum absolute atomic E-state index is 12.6. The van der Waals surface area contributed by atoms with Gasteiger partial charge in [-0.05, 0) is 49.7 Å². The van der Waals surface area contributed by atoms with Crippen molar-refractivity contribution in [3.63, 3.8) is 0 Å². The number of aromatic amines is 1. The van der Waals surface area contributed by atoms with E-state index in [-0.39, 0.29) is 18.0 Å². The van der Waals surface area contributed by atoms with E-state index in [0.717, 1.165) is 11.5 Å². The first kappa shape index (κ1) is 20.4. The second-order valence-electron chi connectivity index (χ2n) is 6.57. The van der Waals surface area contributed by atoms with Crippen molar-refractivity contribution < 1.29 is 14.3 Å². The van der Waals surface area contributed by atoms with Gasteiger partial charge in [0.25, 0.3) is 5.56 Å². The summed E-state index contributed by atoms with van der Waals surface area (Å²) in [4.78, 5) is 33.7. The Labute approximate surface area is 169 Å². The summed E-state index contributed by atoms with van der Waals surface area (Å²) in [6.45, 7) is 3.16. The first-order chi connectivity index (χ1) is 14.1. The summed E-state index contributed by atoms with van der Waals surface area (Å²) < 4.78 is 10.8. The number of aromatic nitrogens is 2. The Morgan fingerprint density at radius 2 is 1.83 bits per heavy atom. The van der Waals surface area contributed by atoms with Gasteiger partial charge < -0.3 is 19.4 Å². The molecule has 0 spiro atoms. The fraction of sp³-hybridized carbons (Fsp3) is 0.318. The third-order valence-corrected chi connectivity index (χ3v) is 4.60. The van der Waals surface area contributed by atoms with E-state index < -0.39 is 0 Å². The third-order valence-electron chi connectivity index (χ3n) is 4.60. The summed E-state index contributed by atoms with van der Waals surface area (Å²) in [5, 5.41) is 0.543. The largest absolute Gasteiger partial charge is 0.497 e. The number of H-pyrrole nitrogens is 1. The topological polar surface area (TPSA) is 84.5 Å². The number of fused-ring (bicyclic) bond motifs is 1. The van der Waals surface area contributed by atoms with Crippen molar-refractivity contribution in [2.24, 2.45) is 0 Å². The zero-order valence-corrected chi connectivity index (χ0v) is 16.7. The number of nitrogens with one attached hydrogen (secondary N) is 1. The minimum absolute atomic E-state index is 0.00152. The van der Waals surface area contributed by atoms with Gasteiger partial charge in [-0.2, -0.15) is 0 Å². The SMILES string of the molecule is CCN(Cc1nc2ccccc2c(=O)[nH]1)C(=O)CCCOc1ccc(OC)cc1. The van der Waals surface area contributed by atoms with Gasteiger partial charge in [-0.1, -0.05) is 12.1 Å². The molecule has 0 atom stereocenters. The van der Waals surface area contributed by atoms with Crippen LogP contribution in [0.25, 0.3) is 10.9 Å². The van der Waals surface area contributed by atoms with Gasteiger partial charge in [0.2, 0.25) is 5.91 Å². The average molecular weight is 395 g/mol. The maximum atomic E-state index is 12.6. The molecular formula is C22H25N3O4. The van der Waals surface area contributed by atoms with Crippen LogP contribution in [-0.2, 0) is 11.3 Å². The first-order valence-corrected chi connectivity index (χ1v) is 9.63. The van der Waals surface area contributed by atoms with E-state index in [4.69, 9.17) is 9.47 Å². The lowest BCUT2D eigenvalue weighted by Crippen LogP contribution is -2.32. The molecule has 152 valence electrons. The molecule has 7 nitrogen and oxygen atoms in total. The van der Waals surface area contributed by atoms with Crippen LogP contribution in [0.3, 0.4) is 0 Å². The number of amides is 1. The number of ether oxygens (including phenoxy) is 2. The fourth-order valence-corrected chi connectivity index (χ4v) is 3.01. The van der Waals surface area contributed by atoms with E-state index in [2.05, 4.69) is 9.97 Å². The van der Waals surface area contributed by atoms with Crippen LogP contribution in [0, 0.1) is 0 Å². The molecule has 0 aliphatic heterocycles. The molecule has 1 aromatic heterocycles. The van der Waals surface area contributed by atoms with Crippen LogP contribution < -0.4 is 15.0 Å². The van der Waals surface area contributed by atoms with Crippen molar-refractivity contribution in [1.29, 1.82) is 0 Å². The highest BCUT2D eigenvalue weighted by molar-refractivity contribution is 5.77. The Morgan fingerprint density at radius 3 is 2.55 bits per heavy atom. The van der Waals surface area contributed by atoms with Crippen molar-refractivity contribution in [3.8, 4) is 11.5 Å². The minimum atomic E-state index is -0.193.